The fourth-order valence-electron chi connectivity index (χ4n) is 1.73. The monoisotopic (exact) mass is 297 g/mol. The molecule has 0 saturated carbocycles. The first-order chi connectivity index (χ1) is 9.21. The zero-order valence-electron chi connectivity index (χ0n) is 11.2. The highest BCUT2D eigenvalue weighted by atomic mass is 19.2. The van der Waals surface area contributed by atoms with E-state index in [-0.39, 0.29) is 13.2 Å². The van der Waals surface area contributed by atoms with E-state index >= 15 is 0 Å². The number of hydrogen-bond donors (Lipinski definition) is 2. The maximum atomic E-state index is 13.4. The molecule has 0 unspecified atom stereocenters. The van der Waals surface area contributed by atoms with Crippen LogP contribution in [-0.4, -0.2) is 18.3 Å². The van der Waals surface area contributed by atoms with Gasteiger partial charge in [-0.15, -0.1) is 0 Å². The van der Waals surface area contributed by atoms with Crippen molar-refractivity contribution in [3.05, 3.63) is 29.1 Å². The van der Waals surface area contributed by atoms with Gasteiger partial charge in [0.1, 0.15) is 5.69 Å². The van der Waals surface area contributed by atoms with E-state index in [1.54, 1.807) is 13.8 Å². The van der Waals surface area contributed by atoms with Gasteiger partial charge in [0.15, 0.2) is 23.3 Å². The third-order valence-corrected chi connectivity index (χ3v) is 2.97. The van der Waals surface area contributed by atoms with Crippen LogP contribution in [0.1, 0.15) is 26.7 Å². The normalized spacial score (nSPS) is 11.8. The van der Waals surface area contributed by atoms with E-state index in [2.05, 4.69) is 5.32 Å². The van der Waals surface area contributed by atoms with Gasteiger partial charge in [-0.3, -0.25) is 0 Å². The minimum Gasteiger partial charge on any atom is -0.396 e. The molecule has 2 nitrogen and oxygen atoms in total. The standard InChI is InChI=1S/C13H16F5NO/c1-13(2,4-3-5-20)6-19-12-10(17)8(15)7(14)9(16)11(12)18/h19-20H,3-6H2,1-2H3. The summed E-state index contributed by atoms with van der Waals surface area (Å²) in [5, 5.41) is 11.0. The molecule has 0 fully saturated rings. The first-order valence-corrected chi connectivity index (χ1v) is 6.07. The Bertz CT molecular complexity index is 461. The molecule has 0 aromatic heterocycles. The fourth-order valence-corrected chi connectivity index (χ4v) is 1.73. The van der Waals surface area contributed by atoms with Gasteiger partial charge < -0.3 is 10.4 Å². The van der Waals surface area contributed by atoms with Crippen molar-refractivity contribution < 1.29 is 27.1 Å². The summed E-state index contributed by atoms with van der Waals surface area (Å²) in [5.74, 6) is -9.87. The average Bonchev–Trinajstić information content (AvgIpc) is 2.40. The van der Waals surface area contributed by atoms with Crippen LogP contribution in [0, 0.1) is 34.5 Å². The van der Waals surface area contributed by atoms with Crippen LogP contribution >= 0.6 is 0 Å². The number of nitrogens with one attached hydrogen (secondary N) is 1. The number of benzene rings is 1. The molecule has 0 heterocycles. The Morgan fingerprint density at radius 3 is 1.80 bits per heavy atom. The van der Waals surface area contributed by atoms with Crippen molar-refractivity contribution in [2.45, 2.75) is 26.7 Å². The maximum Gasteiger partial charge on any atom is 0.200 e. The first kappa shape index (κ1) is 16.7. The molecule has 0 aliphatic heterocycles. The van der Waals surface area contributed by atoms with Gasteiger partial charge in [-0.25, -0.2) is 22.0 Å². The van der Waals surface area contributed by atoms with Crippen LogP contribution in [0.5, 0.6) is 0 Å². The molecule has 1 rings (SSSR count). The number of aliphatic hydroxyl groups excluding tert-OH is 1. The Morgan fingerprint density at radius 2 is 1.35 bits per heavy atom. The summed E-state index contributed by atoms with van der Waals surface area (Å²) in [6.45, 7) is 3.47. The lowest BCUT2D eigenvalue weighted by atomic mass is 9.88. The predicted molar refractivity (Wildman–Crippen MR) is 64.8 cm³/mol. The molecular formula is C13H16F5NO. The Hall–Kier alpha value is -1.37. The van der Waals surface area contributed by atoms with E-state index in [0.717, 1.165) is 0 Å². The van der Waals surface area contributed by atoms with Crippen molar-refractivity contribution in [2.24, 2.45) is 5.41 Å². The molecule has 0 bridgehead atoms. The summed E-state index contributed by atoms with van der Waals surface area (Å²) in [7, 11) is 0. The average molecular weight is 297 g/mol. The predicted octanol–water partition coefficient (Wildman–Crippen LogP) is 3.59. The molecule has 0 amide bonds. The van der Waals surface area contributed by atoms with Crippen LogP contribution in [0.15, 0.2) is 0 Å². The third kappa shape index (κ3) is 3.59. The summed E-state index contributed by atoms with van der Waals surface area (Å²) in [6.07, 6.45) is 1.01. The lowest BCUT2D eigenvalue weighted by Crippen LogP contribution is -2.25. The van der Waals surface area contributed by atoms with Crippen LogP contribution in [0.3, 0.4) is 0 Å². The molecular weight excluding hydrogens is 281 g/mol. The molecule has 0 aliphatic rings. The van der Waals surface area contributed by atoms with Crippen molar-refractivity contribution in [2.75, 3.05) is 18.5 Å². The number of rotatable bonds is 6. The van der Waals surface area contributed by atoms with Gasteiger partial charge in [0.25, 0.3) is 0 Å². The molecule has 0 saturated heterocycles. The van der Waals surface area contributed by atoms with E-state index in [4.69, 9.17) is 5.11 Å². The number of hydrogen-bond acceptors (Lipinski definition) is 2. The molecule has 7 heteroatoms. The minimum atomic E-state index is -2.18. The highest BCUT2D eigenvalue weighted by Gasteiger charge is 2.27. The quantitative estimate of drug-likeness (QED) is 0.478. The summed E-state index contributed by atoms with van der Waals surface area (Å²) < 4.78 is 65.7. The zero-order chi connectivity index (χ0) is 15.5. The summed E-state index contributed by atoms with van der Waals surface area (Å²) >= 11 is 0. The Labute approximate surface area is 113 Å². The van der Waals surface area contributed by atoms with Crippen molar-refractivity contribution in [1.82, 2.24) is 0 Å². The first-order valence-electron chi connectivity index (χ1n) is 6.07. The number of aliphatic hydroxyl groups is 1. The molecule has 20 heavy (non-hydrogen) atoms. The van der Waals surface area contributed by atoms with Crippen LogP contribution in [0.2, 0.25) is 0 Å². The van der Waals surface area contributed by atoms with Gasteiger partial charge in [-0.1, -0.05) is 13.8 Å². The Morgan fingerprint density at radius 1 is 0.900 bits per heavy atom. The lowest BCUT2D eigenvalue weighted by molar-refractivity contribution is 0.247. The van der Waals surface area contributed by atoms with E-state index in [0.29, 0.717) is 12.8 Å². The number of anilines is 1. The second-order valence-electron chi connectivity index (χ2n) is 5.29. The van der Waals surface area contributed by atoms with Crippen molar-refractivity contribution in [1.29, 1.82) is 0 Å². The van der Waals surface area contributed by atoms with Crippen LogP contribution < -0.4 is 5.32 Å². The second-order valence-corrected chi connectivity index (χ2v) is 5.29. The SMILES string of the molecule is CC(C)(CCCO)CNc1c(F)c(F)c(F)c(F)c1F. The van der Waals surface area contributed by atoms with Crippen molar-refractivity contribution in [3.63, 3.8) is 0 Å². The molecule has 114 valence electrons. The second kappa shape index (κ2) is 6.39. The molecule has 0 aliphatic carbocycles. The van der Waals surface area contributed by atoms with Gasteiger partial charge in [-0.2, -0.15) is 0 Å². The smallest absolute Gasteiger partial charge is 0.200 e. The number of halogens is 5. The van der Waals surface area contributed by atoms with E-state index in [1.165, 1.54) is 0 Å². The molecule has 0 radical (unpaired) electrons. The Balaban J connectivity index is 2.94. The van der Waals surface area contributed by atoms with Crippen molar-refractivity contribution in [3.8, 4) is 0 Å². The van der Waals surface area contributed by atoms with Crippen LogP contribution in [0.4, 0.5) is 27.6 Å². The van der Waals surface area contributed by atoms with Gasteiger partial charge in [0, 0.05) is 13.2 Å². The van der Waals surface area contributed by atoms with Crippen LogP contribution in [0.25, 0.3) is 0 Å². The molecule has 2 N–H and O–H groups in total. The van der Waals surface area contributed by atoms with E-state index in [9.17, 15) is 22.0 Å². The summed E-state index contributed by atoms with van der Waals surface area (Å²) in [5.41, 5.74) is -1.50. The zero-order valence-corrected chi connectivity index (χ0v) is 11.2. The molecule has 1 aromatic carbocycles. The minimum absolute atomic E-state index is 0.00531. The van der Waals surface area contributed by atoms with E-state index in [1.807, 2.05) is 0 Å². The highest BCUT2D eigenvalue weighted by molar-refractivity contribution is 5.47. The maximum absolute atomic E-state index is 13.4. The largest absolute Gasteiger partial charge is 0.396 e. The van der Waals surface area contributed by atoms with E-state index < -0.39 is 40.2 Å². The van der Waals surface area contributed by atoms with Gasteiger partial charge >= 0.3 is 0 Å². The third-order valence-electron chi connectivity index (χ3n) is 2.97. The summed E-state index contributed by atoms with van der Waals surface area (Å²) in [4.78, 5) is 0. The fraction of sp³-hybridized carbons (Fsp3) is 0.538. The lowest BCUT2D eigenvalue weighted by Gasteiger charge is -2.25. The highest BCUT2D eigenvalue weighted by Crippen LogP contribution is 2.29. The van der Waals surface area contributed by atoms with Gasteiger partial charge in [-0.05, 0) is 18.3 Å². The van der Waals surface area contributed by atoms with Crippen LogP contribution in [-0.2, 0) is 0 Å². The molecule has 0 spiro atoms. The van der Waals surface area contributed by atoms with Gasteiger partial charge in [0.05, 0.1) is 0 Å². The topological polar surface area (TPSA) is 32.3 Å². The van der Waals surface area contributed by atoms with Crippen molar-refractivity contribution >= 4 is 5.69 Å². The van der Waals surface area contributed by atoms with Gasteiger partial charge in [0.2, 0.25) is 5.82 Å². The molecule has 0 atom stereocenters. The Kier molecular flexibility index (Phi) is 5.33. The summed E-state index contributed by atoms with van der Waals surface area (Å²) in [6, 6.07) is 0. The molecule has 1 aromatic rings.